The summed E-state index contributed by atoms with van der Waals surface area (Å²) < 4.78 is 4.86. The topological polar surface area (TPSA) is 63.7 Å². The first-order valence-corrected chi connectivity index (χ1v) is 12.4. The van der Waals surface area contributed by atoms with E-state index < -0.39 is 12.0 Å². The Morgan fingerprint density at radius 2 is 1.68 bits per heavy atom. The lowest BCUT2D eigenvalue weighted by molar-refractivity contribution is -0.142. The Kier molecular flexibility index (Phi) is 12.9. The highest BCUT2D eigenvalue weighted by atomic mass is 35.5. The molecule has 0 spiro atoms. The van der Waals surface area contributed by atoms with Crippen LogP contribution in [-0.4, -0.2) is 35.9 Å². The summed E-state index contributed by atoms with van der Waals surface area (Å²) in [5.41, 5.74) is 2.13. The van der Waals surface area contributed by atoms with Gasteiger partial charge in [0, 0.05) is 11.4 Å². The van der Waals surface area contributed by atoms with Crippen molar-refractivity contribution in [2.24, 2.45) is 0 Å². The van der Waals surface area contributed by atoms with E-state index in [-0.39, 0.29) is 16.8 Å². The Balaban J connectivity index is 2.75. The molecule has 0 bridgehead atoms. The molecule has 5 nitrogen and oxygen atoms in total. The summed E-state index contributed by atoms with van der Waals surface area (Å²) >= 11 is 7.29. The molecule has 0 aromatic heterocycles. The second-order valence-electron chi connectivity index (χ2n) is 7.83. The number of halogens is 1. The van der Waals surface area contributed by atoms with Crippen LogP contribution in [0, 0.1) is 13.8 Å². The van der Waals surface area contributed by atoms with Crippen molar-refractivity contribution in [3.63, 3.8) is 0 Å². The molecule has 0 heterocycles. The van der Waals surface area contributed by atoms with E-state index in [1.807, 2.05) is 19.9 Å². The fourth-order valence-electron chi connectivity index (χ4n) is 3.50. The maximum Gasteiger partial charge on any atom is 0.328 e. The maximum absolute atomic E-state index is 13.1. The van der Waals surface area contributed by atoms with Crippen molar-refractivity contribution >= 4 is 46.0 Å². The molecule has 31 heavy (non-hydrogen) atoms. The number of aryl methyl sites for hydroxylation is 1. The van der Waals surface area contributed by atoms with E-state index in [0.29, 0.717) is 22.7 Å². The number of methoxy groups -OCH3 is 1. The number of thioether (sulfide) groups is 1. The van der Waals surface area contributed by atoms with Crippen molar-refractivity contribution in [2.45, 2.75) is 85.1 Å². The Morgan fingerprint density at radius 3 is 2.29 bits per heavy atom. The second-order valence-corrected chi connectivity index (χ2v) is 9.27. The Hall–Kier alpha value is -1.53. The summed E-state index contributed by atoms with van der Waals surface area (Å²) in [7, 11) is 1.29. The summed E-state index contributed by atoms with van der Waals surface area (Å²) in [6, 6.07) is 2.75. The molecule has 0 aliphatic rings. The summed E-state index contributed by atoms with van der Waals surface area (Å²) in [6.45, 7) is 7.49. The largest absolute Gasteiger partial charge is 0.467 e. The fourth-order valence-corrected chi connectivity index (χ4v) is 4.37. The lowest BCUT2D eigenvalue weighted by atomic mass is 10.1. The highest BCUT2D eigenvalue weighted by molar-refractivity contribution is 8.14. The number of unbranched alkanes of at least 4 members (excludes halogenated alkanes) is 6. The zero-order valence-electron chi connectivity index (χ0n) is 19.5. The highest BCUT2D eigenvalue weighted by Gasteiger charge is 2.31. The number of esters is 1. The van der Waals surface area contributed by atoms with Crippen LogP contribution < -0.4 is 4.90 Å². The molecule has 1 amide bonds. The van der Waals surface area contributed by atoms with E-state index in [2.05, 4.69) is 6.92 Å². The predicted molar refractivity (Wildman–Crippen MR) is 130 cm³/mol. The first kappa shape index (κ1) is 27.5. The van der Waals surface area contributed by atoms with Crippen LogP contribution in [0.25, 0.3) is 0 Å². The number of ether oxygens (including phenoxy) is 1. The number of anilines is 1. The molecule has 0 unspecified atom stereocenters. The number of rotatable bonds is 13. The zero-order chi connectivity index (χ0) is 23.4. The lowest BCUT2D eigenvalue weighted by Gasteiger charge is -2.30. The lowest BCUT2D eigenvalue weighted by Crippen LogP contribution is -2.45. The van der Waals surface area contributed by atoms with E-state index in [0.717, 1.165) is 36.6 Å². The molecular weight excluding hydrogens is 434 g/mol. The summed E-state index contributed by atoms with van der Waals surface area (Å²) in [4.78, 5) is 39.0. The van der Waals surface area contributed by atoms with E-state index in [1.165, 1.54) is 37.7 Å². The Morgan fingerprint density at radius 1 is 1.06 bits per heavy atom. The maximum atomic E-state index is 13.1. The quantitative estimate of drug-likeness (QED) is 0.252. The standard InChI is InChI=1S/C24H36ClNO4S/c1-6-7-8-9-10-11-12-13-22(28)31-16-21(27)26(19(4)24(29)30-5)23-17(2)14-15-20(25)18(23)3/h14-15,19H,6-13,16H2,1-5H3/t19-/m0/s1. The smallest absolute Gasteiger partial charge is 0.328 e. The van der Waals surface area contributed by atoms with E-state index >= 15 is 0 Å². The van der Waals surface area contributed by atoms with Crippen LogP contribution in [0.3, 0.4) is 0 Å². The number of carbonyl (C=O) groups excluding carboxylic acids is 3. The van der Waals surface area contributed by atoms with Crippen molar-refractivity contribution in [2.75, 3.05) is 17.8 Å². The van der Waals surface area contributed by atoms with Crippen LogP contribution in [-0.2, 0) is 19.1 Å². The molecule has 1 rings (SSSR count). The second kappa shape index (κ2) is 14.5. The van der Waals surface area contributed by atoms with E-state index in [9.17, 15) is 14.4 Å². The molecule has 1 aromatic rings. The molecule has 0 N–H and O–H groups in total. The van der Waals surface area contributed by atoms with Gasteiger partial charge in [-0.05, 0) is 44.4 Å². The molecule has 0 saturated carbocycles. The average Bonchev–Trinajstić information content (AvgIpc) is 2.76. The first-order chi connectivity index (χ1) is 14.7. The van der Waals surface area contributed by atoms with Crippen LogP contribution >= 0.6 is 23.4 Å². The summed E-state index contributed by atoms with van der Waals surface area (Å²) in [5, 5.41) is 0.519. The number of hydrogen-bond donors (Lipinski definition) is 0. The molecule has 1 atom stereocenters. The number of hydrogen-bond acceptors (Lipinski definition) is 5. The zero-order valence-corrected chi connectivity index (χ0v) is 21.0. The predicted octanol–water partition coefficient (Wildman–Crippen LogP) is 6.25. The van der Waals surface area contributed by atoms with Gasteiger partial charge in [-0.15, -0.1) is 0 Å². The molecule has 174 valence electrons. The van der Waals surface area contributed by atoms with Gasteiger partial charge in [-0.25, -0.2) is 4.79 Å². The molecular formula is C24H36ClNO4S. The minimum atomic E-state index is -0.827. The number of benzene rings is 1. The Labute approximate surface area is 196 Å². The third kappa shape index (κ3) is 8.85. The fraction of sp³-hybridized carbons (Fsp3) is 0.625. The van der Waals surface area contributed by atoms with Gasteiger partial charge in [-0.1, -0.05) is 74.9 Å². The summed E-state index contributed by atoms with van der Waals surface area (Å²) in [6.07, 6.45) is 8.46. The third-order valence-corrected chi connectivity index (χ3v) is 6.67. The molecule has 1 aromatic carbocycles. The molecule has 0 aliphatic carbocycles. The number of amides is 1. The van der Waals surface area contributed by atoms with Gasteiger partial charge < -0.3 is 4.74 Å². The van der Waals surface area contributed by atoms with Gasteiger partial charge in [-0.3, -0.25) is 14.5 Å². The normalized spacial score (nSPS) is 11.8. The number of carbonyl (C=O) groups is 3. The van der Waals surface area contributed by atoms with Crippen LogP contribution in [0.15, 0.2) is 12.1 Å². The molecule has 0 aliphatic heterocycles. The minimum absolute atomic E-state index is 0.00659. The van der Waals surface area contributed by atoms with Crippen molar-refractivity contribution in [1.29, 1.82) is 0 Å². The molecule has 0 radical (unpaired) electrons. The van der Waals surface area contributed by atoms with Crippen molar-refractivity contribution in [3.05, 3.63) is 28.3 Å². The molecule has 7 heteroatoms. The van der Waals surface area contributed by atoms with Gasteiger partial charge in [0.25, 0.3) is 0 Å². The highest BCUT2D eigenvalue weighted by Crippen LogP contribution is 2.32. The van der Waals surface area contributed by atoms with Crippen LogP contribution in [0.5, 0.6) is 0 Å². The molecule has 0 saturated heterocycles. The SMILES string of the molecule is CCCCCCCCCC(=O)SCC(=O)N(c1c(C)ccc(Cl)c1C)[C@@H](C)C(=O)OC. The van der Waals surface area contributed by atoms with Gasteiger partial charge in [0.15, 0.2) is 5.12 Å². The minimum Gasteiger partial charge on any atom is -0.467 e. The van der Waals surface area contributed by atoms with Crippen LogP contribution in [0.4, 0.5) is 5.69 Å². The average molecular weight is 470 g/mol. The van der Waals surface area contributed by atoms with Gasteiger partial charge in [0.05, 0.1) is 18.6 Å². The van der Waals surface area contributed by atoms with Crippen molar-refractivity contribution in [3.8, 4) is 0 Å². The molecule has 0 fully saturated rings. The van der Waals surface area contributed by atoms with Gasteiger partial charge in [0.2, 0.25) is 5.91 Å². The van der Waals surface area contributed by atoms with Crippen molar-refractivity contribution in [1.82, 2.24) is 0 Å². The monoisotopic (exact) mass is 469 g/mol. The van der Waals surface area contributed by atoms with Crippen LogP contribution in [0.1, 0.15) is 76.3 Å². The van der Waals surface area contributed by atoms with Gasteiger partial charge >= 0.3 is 5.97 Å². The van der Waals surface area contributed by atoms with Crippen LogP contribution in [0.2, 0.25) is 5.02 Å². The first-order valence-electron chi connectivity index (χ1n) is 11.1. The van der Waals surface area contributed by atoms with Crippen molar-refractivity contribution < 1.29 is 19.1 Å². The Bertz CT molecular complexity index is 753. The van der Waals surface area contributed by atoms with Gasteiger partial charge in [0.1, 0.15) is 6.04 Å². The number of nitrogens with zero attached hydrogens (tertiary/aromatic N) is 1. The van der Waals surface area contributed by atoms with Gasteiger partial charge in [-0.2, -0.15) is 0 Å². The third-order valence-electron chi connectivity index (χ3n) is 5.35. The van der Waals surface area contributed by atoms with E-state index in [1.54, 1.807) is 13.0 Å². The summed E-state index contributed by atoms with van der Waals surface area (Å²) in [5.74, 6) is -0.863. The van der Waals surface area contributed by atoms with E-state index in [4.69, 9.17) is 16.3 Å².